The molecule has 0 aliphatic heterocycles. The quantitative estimate of drug-likeness (QED) is 0.817. The maximum atomic E-state index is 11.7. The molecule has 4 heteroatoms. The van der Waals surface area contributed by atoms with Crippen LogP contribution in [0.25, 0.3) is 10.9 Å². The summed E-state index contributed by atoms with van der Waals surface area (Å²) in [4.78, 5) is 25.9. The normalized spacial score (nSPS) is 10.8. The molecule has 0 saturated heterocycles. The molecule has 18 heavy (non-hydrogen) atoms. The van der Waals surface area contributed by atoms with Gasteiger partial charge >= 0.3 is 5.97 Å². The number of carbonyl (C=O) groups excluding carboxylic acids is 1. The van der Waals surface area contributed by atoms with Gasteiger partial charge in [-0.15, -0.1) is 0 Å². The van der Waals surface area contributed by atoms with Crippen LogP contribution in [0.5, 0.6) is 0 Å². The number of Topliss-reactive ketones (excluding diaryl/α,β-unsaturated/α-hetero) is 1. The molecule has 0 spiro atoms. The molecule has 0 atom stereocenters. The zero-order valence-corrected chi connectivity index (χ0v) is 10.6. The van der Waals surface area contributed by atoms with Gasteiger partial charge in [-0.25, -0.2) is 4.79 Å². The number of carboxylic acids is 1. The van der Waals surface area contributed by atoms with E-state index in [4.69, 9.17) is 0 Å². The van der Waals surface area contributed by atoms with Gasteiger partial charge in [0.15, 0.2) is 5.78 Å². The minimum absolute atomic E-state index is 0.0525. The van der Waals surface area contributed by atoms with Gasteiger partial charge in [-0.3, -0.25) is 4.79 Å². The number of aromatic nitrogens is 1. The maximum absolute atomic E-state index is 11.7. The molecule has 0 aliphatic carbocycles. The van der Waals surface area contributed by atoms with E-state index in [1.165, 1.54) is 6.92 Å². The van der Waals surface area contributed by atoms with Gasteiger partial charge in [0.1, 0.15) is 0 Å². The molecule has 1 heterocycles. The van der Waals surface area contributed by atoms with Crippen molar-refractivity contribution >= 4 is 22.7 Å². The van der Waals surface area contributed by atoms with Gasteiger partial charge in [0.2, 0.25) is 0 Å². The first-order valence-electron chi connectivity index (χ1n) is 5.85. The van der Waals surface area contributed by atoms with E-state index < -0.39 is 5.97 Å². The first-order valence-corrected chi connectivity index (χ1v) is 5.85. The lowest BCUT2D eigenvalue weighted by Crippen LogP contribution is -1.99. The minimum Gasteiger partial charge on any atom is -0.478 e. The Kier molecular flexibility index (Phi) is 2.95. The predicted molar refractivity (Wildman–Crippen MR) is 69.4 cm³/mol. The van der Waals surface area contributed by atoms with E-state index in [0.717, 1.165) is 12.0 Å². The van der Waals surface area contributed by atoms with Crippen LogP contribution < -0.4 is 0 Å². The number of carbonyl (C=O) groups is 2. The molecule has 0 fully saturated rings. The average Bonchev–Trinajstić information content (AvgIpc) is 2.62. The Morgan fingerprint density at radius 1 is 1.33 bits per heavy atom. The van der Waals surface area contributed by atoms with Crippen LogP contribution in [0.4, 0.5) is 0 Å². The van der Waals surface area contributed by atoms with Crippen molar-refractivity contribution < 1.29 is 14.7 Å². The third kappa shape index (κ3) is 1.79. The molecule has 2 N–H and O–H groups in total. The van der Waals surface area contributed by atoms with E-state index in [-0.39, 0.29) is 11.3 Å². The molecule has 0 amide bonds. The molecule has 0 unspecified atom stereocenters. The lowest BCUT2D eigenvalue weighted by Gasteiger charge is -2.03. The van der Waals surface area contributed by atoms with Crippen molar-refractivity contribution in [2.24, 2.45) is 0 Å². The highest BCUT2D eigenvalue weighted by molar-refractivity contribution is 6.12. The van der Waals surface area contributed by atoms with Crippen LogP contribution in [0.2, 0.25) is 0 Å². The molecule has 0 radical (unpaired) electrons. The van der Waals surface area contributed by atoms with Crippen LogP contribution in [0.15, 0.2) is 12.1 Å². The second-order valence-electron chi connectivity index (χ2n) is 4.41. The van der Waals surface area contributed by atoms with Gasteiger partial charge in [0, 0.05) is 16.6 Å². The Morgan fingerprint density at radius 2 is 2.00 bits per heavy atom. The number of hydrogen-bond donors (Lipinski definition) is 2. The average molecular weight is 245 g/mol. The number of fused-ring (bicyclic) bond motifs is 1. The number of aryl methyl sites for hydroxylation is 2. The summed E-state index contributed by atoms with van der Waals surface area (Å²) in [6.07, 6.45) is 0.734. The Balaban J connectivity index is 2.91. The summed E-state index contributed by atoms with van der Waals surface area (Å²) in [5.41, 5.74) is 2.97. The zero-order valence-electron chi connectivity index (χ0n) is 10.6. The Hall–Kier alpha value is -2.10. The van der Waals surface area contributed by atoms with Gasteiger partial charge in [0.25, 0.3) is 0 Å². The molecule has 0 bridgehead atoms. The first-order chi connectivity index (χ1) is 8.45. The lowest BCUT2D eigenvalue weighted by atomic mass is 10.0. The number of H-pyrrole nitrogens is 1. The second kappa shape index (κ2) is 4.29. The lowest BCUT2D eigenvalue weighted by molar-refractivity contribution is 0.0698. The summed E-state index contributed by atoms with van der Waals surface area (Å²) in [7, 11) is 0. The highest BCUT2D eigenvalue weighted by Crippen LogP contribution is 2.27. The fraction of sp³-hybridized carbons (Fsp3) is 0.286. The summed E-state index contributed by atoms with van der Waals surface area (Å²) >= 11 is 0. The van der Waals surface area contributed by atoms with Crippen molar-refractivity contribution in [3.63, 3.8) is 0 Å². The number of carboxylic acid groups (broad SMARTS) is 1. The van der Waals surface area contributed by atoms with E-state index in [1.807, 2.05) is 13.0 Å². The van der Waals surface area contributed by atoms with Crippen molar-refractivity contribution in [3.8, 4) is 0 Å². The fourth-order valence-electron chi connectivity index (χ4n) is 2.31. The number of rotatable bonds is 3. The number of aromatic carboxylic acids is 1. The van der Waals surface area contributed by atoms with Crippen molar-refractivity contribution in [1.82, 2.24) is 4.98 Å². The SMILES string of the molecule is CCc1cc(C(=O)O)c2[nH]c(C)c(C(C)=O)c2c1. The predicted octanol–water partition coefficient (Wildman–Crippen LogP) is 2.94. The van der Waals surface area contributed by atoms with Crippen molar-refractivity contribution in [2.45, 2.75) is 27.2 Å². The summed E-state index contributed by atoms with van der Waals surface area (Å²) in [6, 6.07) is 3.55. The minimum atomic E-state index is -0.980. The molecule has 4 nitrogen and oxygen atoms in total. The summed E-state index contributed by atoms with van der Waals surface area (Å²) in [5, 5.41) is 9.94. The van der Waals surface area contributed by atoms with Gasteiger partial charge in [0.05, 0.1) is 11.1 Å². The number of ketones is 1. The van der Waals surface area contributed by atoms with Crippen molar-refractivity contribution in [1.29, 1.82) is 0 Å². The van der Waals surface area contributed by atoms with Crippen molar-refractivity contribution in [3.05, 3.63) is 34.5 Å². The van der Waals surface area contributed by atoms with E-state index in [9.17, 15) is 14.7 Å². The van der Waals surface area contributed by atoms with E-state index >= 15 is 0 Å². The Morgan fingerprint density at radius 3 is 2.50 bits per heavy atom. The van der Waals surface area contributed by atoms with Crippen LogP contribution in [0.1, 0.15) is 45.8 Å². The largest absolute Gasteiger partial charge is 0.478 e. The van der Waals surface area contributed by atoms with Crippen LogP contribution in [0.3, 0.4) is 0 Å². The molecule has 2 rings (SSSR count). The van der Waals surface area contributed by atoms with E-state index in [2.05, 4.69) is 4.98 Å². The second-order valence-corrected chi connectivity index (χ2v) is 4.41. The topological polar surface area (TPSA) is 70.2 Å². The molecular formula is C14H15NO3. The van der Waals surface area contributed by atoms with Gasteiger partial charge in [-0.2, -0.15) is 0 Å². The van der Waals surface area contributed by atoms with Crippen molar-refractivity contribution in [2.75, 3.05) is 0 Å². The third-order valence-corrected chi connectivity index (χ3v) is 3.15. The monoisotopic (exact) mass is 245 g/mol. The zero-order chi connectivity index (χ0) is 13.4. The Labute approximate surface area is 105 Å². The fourth-order valence-corrected chi connectivity index (χ4v) is 2.31. The molecule has 2 aromatic rings. The number of aromatic amines is 1. The van der Waals surface area contributed by atoms with E-state index in [0.29, 0.717) is 22.2 Å². The molecule has 1 aromatic heterocycles. The Bertz CT molecular complexity index is 653. The highest BCUT2D eigenvalue weighted by Gasteiger charge is 2.18. The van der Waals surface area contributed by atoms with Crippen LogP contribution in [-0.2, 0) is 6.42 Å². The van der Waals surface area contributed by atoms with Gasteiger partial charge < -0.3 is 10.1 Å². The number of nitrogens with one attached hydrogen (secondary N) is 1. The molecule has 1 aromatic carbocycles. The smallest absolute Gasteiger partial charge is 0.337 e. The first kappa shape index (κ1) is 12.4. The van der Waals surface area contributed by atoms with Crippen LogP contribution in [0, 0.1) is 6.92 Å². The maximum Gasteiger partial charge on any atom is 0.337 e. The summed E-state index contributed by atoms with van der Waals surface area (Å²) in [6.45, 7) is 5.24. The summed E-state index contributed by atoms with van der Waals surface area (Å²) < 4.78 is 0. The molecule has 0 aliphatic rings. The van der Waals surface area contributed by atoms with Crippen LogP contribution >= 0.6 is 0 Å². The van der Waals surface area contributed by atoms with E-state index in [1.54, 1.807) is 13.0 Å². The standard InChI is InChI=1S/C14H15NO3/c1-4-9-5-10-12(8(3)16)7(2)15-13(10)11(6-9)14(17)18/h5-6,15H,4H2,1-3H3,(H,17,18). The van der Waals surface area contributed by atoms with Gasteiger partial charge in [-0.05, 0) is 38.0 Å². The third-order valence-electron chi connectivity index (χ3n) is 3.15. The highest BCUT2D eigenvalue weighted by atomic mass is 16.4. The summed E-state index contributed by atoms with van der Waals surface area (Å²) in [5.74, 6) is -1.03. The molecule has 0 saturated carbocycles. The van der Waals surface area contributed by atoms with Crippen LogP contribution in [-0.4, -0.2) is 21.8 Å². The number of hydrogen-bond acceptors (Lipinski definition) is 2. The molecular weight excluding hydrogens is 230 g/mol. The molecule has 94 valence electrons. The number of benzene rings is 1. The van der Waals surface area contributed by atoms with Gasteiger partial charge in [-0.1, -0.05) is 6.92 Å².